The van der Waals surface area contributed by atoms with Crippen LogP contribution in [-0.2, 0) is 6.42 Å². The summed E-state index contributed by atoms with van der Waals surface area (Å²) >= 11 is 3.91. The second-order valence-corrected chi connectivity index (χ2v) is 6.32. The van der Waals surface area contributed by atoms with E-state index in [1.165, 1.54) is 23.6 Å². The third-order valence-electron chi connectivity index (χ3n) is 2.85. The SMILES string of the molecule is CNC(Cc1nc(C)cs1)C1CCCS1. The van der Waals surface area contributed by atoms with E-state index in [1.54, 1.807) is 11.3 Å². The second-order valence-electron chi connectivity index (χ2n) is 4.03. The minimum Gasteiger partial charge on any atom is -0.315 e. The minimum absolute atomic E-state index is 0.600. The summed E-state index contributed by atoms with van der Waals surface area (Å²) in [5, 5.41) is 7.66. The fourth-order valence-electron chi connectivity index (χ4n) is 2.02. The van der Waals surface area contributed by atoms with Crippen molar-refractivity contribution in [3.63, 3.8) is 0 Å². The molecule has 0 spiro atoms. The van der Waals surface area contributed by atoms with Gasteiger partial charge in [0.2, 0.25) is 0 Å². The highest BCUT2D eigenvalue weighted by atomic mass is 32.2. The number of likely N-dealkylation sites (N-methyl/N-ethyl adjacent to an activating group) is 1. The zero-order valence-electron chi connectivity index (χ0n) is 9.32. The maximum atomic E-state index is 4.54. The maximum absolute atomic E-state index is 4.54. The fourth-order valence-corrected chi connectivity index (χ4v) is 4.29. The van der Waals surface area contributed by atoms with E-state index in [1.807, 2.05) is 0 Å². The van der Waals surface area contributed by atoms with E-state index < -0.39 is 0 Å². The zero-order chi connectivity index (χ0) is 10.7. The average molecular weight is 242 g/mol. The lowest BCUT2D eigenvalue weighted by molar-refractivity contribution is 0.523. The molecule has 0 saturated carbocycles. The number of aromatic nitrogens is 1. The third kappa shape index (κ3) is 2.95. The van der Waals surface area contributed by atoms with Gasteiger partial charge >= 0.3 is 0 Å². The molecule has 1 aromatic rings. The molecule has 0 amide bonds. The molecule has 1 aliphatic rings. The van der Waals surface area contributed by atoms with Gasteiger partial charge in [-0.3, -0.25) is 0 Å². The van der Waals surface area contributed by atoms with Gasteiger partial charge < -0.3 is 5.32 Å². The molecule has 1 aromatic heterocycles. The van der Waals surface area contributed by atoms with Crippen LogP contribution in [0.25, 0.3) is 0 Å². The Bertz CT molecular complexity index is 305. The molecule has 15 heavy (non-hydrogen) atoms. The topological polar surface area (TPSA) is 24.9 Å². The molecule has 1 N–H and O–H groups in total. The van der Waals surface area contributed by atoms with Crippen molar-refractivity contribution in [1.29, 1.82) is 0 Å². The van der Waals surface area contributed by atoms with Crippen LogP contribution in [0.4, 0.5) is 0 Å². The number of aryl methyl sites for hydroxylation is 1. The lowest BCUT2D eigenvalue weighted by atomic mass is 10.1. The van der Waals surface area contributed by atoms with E-state index in [9.17, 15) is 0 Å². The van der Waals surface area contributed by atoms with Crippen molar-refractivity contribution in [2.75, 3.05) is 12.8 Å². The fraction of sp³-hybridized carbons (Fsp3) is 0.727. The van der Waals surface area contributed by atoms with Gasteiger partial charge in [0, 0.05) is 28.8 Å². The highest BCUT2D eigenvalue weighted by molar-refractivity contribution is 8.00. The Labute approximate surface area is 99.9 Å². The Morgan fingerprint density at radius 2 is 2.53 bits per heavy atom. The van der Waals surface area contributed by atoms with Gasteiger partial charge in [-0.1, -0.05) is 0 Å². The van der Waals surface area contributed by atoms with Crippen LogP contribution in [0.1, 0.15) is 23.5 Å². The van der Waals surface area contributed by atoms with Crippen molar-refractivity contribution >= 4 is 23.1 Å². The Morgan fingerprint density at radius 1 is 1.67 bits per heavy atom. The van der Waals surface area contributed by atoms with E-state index in [0.29, 0.717) is 6.04 Å². The Balaban J connectivity index is 1.95. The Kier molecular flexibility index (Phi) is 4.05. The van der Waals surface area contributed by atoms with Crippen LogP contribution in [0.15, 0.2) is 5.38 Å². The van der Waals surface area contributed by atoms with Gasteiger partial charge in [0.1, 0.15) is 0 Å². The summed E-state index contributed by atoms with van der Waals surface area (Å²) in [6.45, 7) is 2.07. The first kappa shape index (κ1) is 11.4. The normalized spacial score (nSPS) is 23.2. The summed E-state index contributed by atoms with van der Waals surface area (Å²) < 4.78 is 0. The molecule has 1 saturated heterocycles. The van der Waals surface area contributed by atoms with Gasteiger partial charge in [0.15, 0.2) is 0 Å². The van der Waals surface area contributed by atoms with Crippen molar-refractivity contribution in [3.05, 3.63) is 16.1 Å². The molecule has 2 nitrogen and oxygen atoms in total. The van der Waals surface area contributed by atoms with Gasteiger partial charge in [-0.2, -0.15) is 11.8 Å². The number of nitrogens with zero attached hydrogens (tertiary/aromatic N) is 1. The molecule has 0 aliphatic carbocycles. The predicted molar refractivity (Wildman–Crippen MR) is 68.9 cm³/mol. The highest BCUT2D eigenvalue weighted by Crippen LogP contribution is 2.30. The number of hydrogen-bond donors (Lipinski definition) is 1. The molecule has 0 bridgehead atoms. The van der Waals surface area contributed by atoms with Crippen LogP contribution in [-0.4, -0.2) is 29.1 Å². The van der Waals surface area contributed by atoms with Crippen LogP contribution in [0.2, 0.25) is 0 Å². The number of hydrogen-bond acceptors (Lipinski definition) is 4. The molecule has 0 aromatic carbocycles. The molecule has 1 fully saturated rings. The first-order chi connectivity index (χ1) is 7.29. The molecule has 2 heterocycles. The third-order valence-corrected chi connectivity index (χ3v) is 5.35. The largest absolute Gasteiger partial charge is 0.315 e. The summed E-state index contributed by atoms with van der Waals surface area (Å²) in [6, 6.07) is 0.600. The summed E-state index contributed by atoms with van der Waals surface area (Å²) in [5.74, 6) is 1.33. The number of nitrogens with one attached hydrogen (secondary N) is 1. The summed E-state index contributed by atoms with van der Waals surface area (Å²) in [5.41, 5.74) is 1.16. The molecular formula is C11H18N2S2. The average Bonchev–Trinajstić information content (AvgIpc) is 2.85. The molecule has 1 aliphatic heterocycles. The van der Waals surface area contributed by atoms with E-state index in [4.69, 9.17) is 0 Å². The minimum atomic E-state index is 0.600. The number of rotatable bonds is 4. The molecule has 0 radical (unpaired) electrons. The molecule has 4 heteroatoms. The van der Waals surface area contributed by atoms with Gasteiger partial charge in [-0.25, -0.2) is 4.98 Å². The molecular weight excluding hydrogens is 224 g/mol. The maximum Gasteiger partial charge on any atom is 0.0944 e. The van der Waals surface area contributed by atoms with E-state index in [-0.39, 0.29) is 0 Å². The molecule has 84 valence electrons. The van der Waals surface area contributed by atoms with Gasteiger partial charge in [-0.15, -0.1) is 11.3 Å². The van der Waals surface area contributed by atoms with Crippen molar-refractivity contribution in [2.24, 2.45) is 0 Å². The molecule has 2 unspecified atom stereocenters. The van der Waals surface area contributed by atoms with Crippen LogP contribution >= 0.6 is 23.1 Å². The Hall–Kier alpha value is -0.0600. The van der Waals surface area contributed by atoms with E-state index in [2.05, 4.69) is 41.4 Å². The highest BCUT2D eigenvalue weighted by Gasteiger charge is 2.25. The smallest absolute Gasteiger partial charge is 0.0944 e. The lowest BCUT2D eigenvalue weighted by Crippen LogP contribution is -2.36. The first-order valence-corrected chi connectivity index (χ1v) is 7.42. The Morgan fingerprint density at radius 3 is 3.07 bits per heavy atom. The lowest BCUT2D eigenvalue weighted by Gasteiger charge is -2.21. The van der Waals surface area contributed by atoms with Crippen molar-refractivity contribution in [3.8, 4) is 0 Å². The number of thioether (sulfide) groups is 1. The van der Waals surface area contributed by atoms with Crippen LogP contribution < -0.4 is 5.32 Å². The molecule has 2 atom stereocenters. The number of thiazole rings is 1. The van der Waals surface area contributed by atoms with Crippen molar-refractivity contribution in [1.82, 2.24) is 10.3 Å². The van der Waals surface area contributed by atoms with E-state index in [0.717, 1.165) is 17.4 Å². The quantitative estimate of drug-likeness (QED) is 0.878. The second kappa shape index (κ2) is 5.32. The van der Waals surface area contributed by atoms with Gasteiger partial charge in [-0.05, 0) is 32.6 Å². The first-order valence-electron chi connectivity index (χ1n) is 5.49. The summed E-state index contributed by atoms with van der Waals surface area (Å²) in [6.07, 6.45) is 3.83. The van der Waals surface area contributed by atoms with Crippen molar-refractivity contribution in [2.45, 2.75) is 37.5 Å². The summed E-state index contributed by atoms with van der Waals surface area (Å²) in [4.78, 5) is 4.54. The molecule has 2 rings (SSSR count). The van der Waals surface area contributed by atoms with Crippen LogP contribution in [0, 0.1) is 6.92 Å². The van der Waals surface area contributed by atoms with Crippen molar-refractivity contribution < 1.29 is 0 Å². The monoisotopic (exact) mass is 242 g/mol. The standard InChI is InChI=1S/C11H18N2S2/c1-8-7-15-11(13-8)6-9(12-2)10-4-3-5-14-10/h7,9-10,12H,3-6H2,1-2H3. The van der Waals surface area contributed by atoms with E-state index >= 15 is 0 Å². The predicted octanol–water partition coefficient (Wildman–Crippen LogP) is 2.48. The summed E-state index contributed by atoms with van der Waals surface area (Å²) in [7, 11) is 2.07. The zero-order valence-corrected chi connectivity index (χ0v) is 11.0. The van der Waals surface area contributed by atoms with Crippen LogP contribution in [0.3, 0.4) is 0 Å². The van der Waals surface area contributed by atoms with Crippen LogP contribution in [0.5, 0.6) is 0 Å². The van der Waals surface area contributed by atoms with Gasteiger partial charge in [0.25, 0.3) is 0 Å². The van der Waals surface area contributed by atoms with Gasteiger partial charge in [0.05, 0.1) is 5.01 Å².